The Morgan fingerprint density at radius 2 is 1.81 bits per heavy atom. The average molecular weight is 596 g/mol. The number of rotatable bonds is 13. The van der Waals surface area contributed by atoms with Gasteiger partial charge in [-0.2, -0.15) is 0 Å². The number of carbonyl (C=O) groups excluding carboxylic acids is 1. The standard InChI is InChI=1S/C30H37N5O6S/c1-2-33-25-14-23(15-26(16-25)35-10-6-7-11-42(35,40)41)29(37)34-27(13-21-8-4-3-5-9-21)28(36)20-32-18-22-12-24(30(38)39)19-31-17-22/h3-5,8-9,12,14-17,19,27-28,32-33,36H,2,6-7,10-11,13,18,20H2,1H3,(H,34,37)(H,38,39)/t27-,28+/m0/s1. The smallest absolute Gasteiger partial charge is 0.337 e. The van der Waals surface area contributed by atoms with E-state index in [1.807, 2.05) is 37.3 Å². The molecule has 1 aliphatic rings. The third-order valence-electron chi connectivity index (χ3n) is 7.00. The predicted molar refractivity (Wildman–Crippen MR) is 161 cm³/mol. The Bertz CT molecular complexity index is 1480. The number of amides is 1. The summed E-state index contributed by atoms with van der Waals surface area (Å²) in [4.78, 5) is 28.8. The fourth-order valence-electron chi connectivity index (χ4n) is 4.88. The van der Waals surface area contributed by atoms with Crippen LogP contribution in [0.15, 0.2) is 67.0 Å². The number of carboxylic acid groups (broad SMARTS) is 1. The van der Waals surface area contributed by atoms with Crippen LogP contribution in [0.2, 0.25) is 0 Å². The highest BCUT2D eigenvalue weighted by atomic mass is 32.2. The van der Waals surface area contributed by atoms with Crippen molar-refractivity contribution < 1.29 is 28.2 Å². The number of hydrogen-bond donors (Lipinski definition) is 5. The summed E-state index contributed by atoms with van der Waals surface area (Å²) in [5.74, 6) is -1.45. The maximum Gasteiger partial charge on any atom is 0.337 e. The molecule has 1 fully saturated rings. The Balaban J connectivity index is 1.53. The number of nitrogens with zero attached hydrogens (tertiary/aromatic N) is 2. The van der Waals surface area contributed by atoms with E-state index in [-0.39, 0.29) is 30.0 Å². The number of anilines is 2. The molecule has 0 saturated carbocycles. The number of pyridine rings is 1. The number of carboxylic acids is 1. The summed E-state index contributed by atoms with van der Waals surface area (Å²) in [6.45, 7) is 3.24. The van der Waals surface area contributed by atoms with Crippen LogP contribution in [0.4, 0.5) is 11.4 Å². The highest BCUT2D eigenvalue weighted by molar-refractivity contribution is 7.92. The molecule has 1 aliphatic heterocycles. The molecule has 0 spiro atoms. The van der Waals surface area contributed by atoms with Crippen LogP contribution < -0.4 is 20.3 Å². The number of aliphatic hydroxyl groups is 1. The van der Waals surface area contributed by atoms with E-state index in [2.05, 4.69) is 20.9 Å². The molecule has 0 aliphatic carbocycles. The third kappa shape index (κ3) is 8.28. The molecule has 1 saturated heterocycles. The van der Waals surface area contributed by atoms with Crippen molar-refractivity contribution in [3.63, 3.8) is 0 Å². The van der Waals surface area contributed by atoms with Gasteiger partial charge in [-0.1, -0.05) is 30.3 Å². The minimum Gasteiger partial charge on any atom is -0.478 e. The van der Waals surface area contributed by atoms with Gasteiger partial charge in [0.1, 0.15) is 0 Å². The van der Waals surface area contributed by atoms with Crippen molar-refractivity contribution in [2.24, 2.45) is 0 Å². The first-order valence-corrected chi connectivity index (χ1v) is 15.6. The average Bonchev–Trinajstić information content (AvgIpc) is 2.97. The van der Waals surface area contributed by atoms with Crippen LogP contribution >= 0.6 is 0 Å². The van der Waals surface area contributed by atoms with Gasteiger partial charge in [0.2, 0.25) is 10.0 Å². The van der Waals surface area contributed by atoms with Gasteiger partial charge in [0.05, 0.1) is 29.1 Å². The first-order chi connectivity index (χ1) is 20.2. The summed E-state index contributed by atoms with van der Waals surface area (Å²) in [5, 5.41) is 29.6. The predicted octanol–water partition coefficient (Wildman–Crippen LogP) is 2.63. The van der Waals surface area contributed by atoms with Crippen LogP contribution in [0.3, 0.4) is 0 Å². The van der Waals surface area contributed by atoms with E-state index in [1.165, 1.54) is 16.6 Å². The van der Waals surface area contributed by atoms with Crippen LogP contribution in [0.5, 0.6) is 0 Å². The van der Waals surface area contributed by atoms with Gasteiger partial charge >= 0.3 is 5.97 Å². The normalized spacial score (nSPS) is 15.9. The van der Waals surface area contributed by atoms with Crippen LogP contribution in [0.25, 0.3) is 0 Å². The number of nitrogens with one attached hydrogen (secondary N) is 3. The summed E-state index contributed by atoms with van der Waals surface area (Å²) in [5.41, 5.74) is 2.96. The Morgan fingerprint density at radius 1 is 1.02 bits per heavy atom. The van der Waals surface area contributed by atoms with Gasteiger partial charge < -0.3 is 26.2 Å². The minimum atomic E-state index is -3.48. The van der Waals surface area contributed by atoms with Crippen LogP contribution in [0.1, 0.15) is 51.6 Å². The second-order valence-corrected chi connectivity index (χ2v) is 12.3. The summed E-state index contributed by atoms with van der Waals surface area (Å²) in [7, 11) is -3.48. The fourth-order valence-corrected chi connectivity index (χ4v) is 6.51. The first kappa shape index (κ1) is 30.9. The van der Waals surface area contributed by atoms with Crippen molar-refractivity contribution >= 4 is 33.3 Å². The molecule has 1 aromatic heterocycles. The van der Waals surface area contributed by atoms with Crippen LogP contribution in [-0.2, 0) is 23.0 Å². The second-order valence-electron chi connectivity index (χ2n) is 10.2. The fraction of sp³-hybridized carbons (Fsp3) is 0.367. The van der Waals surface area contributed by atoms with E-state index in [1.54, 1.807) is 24.4 Å². The largest absolute Gasteiger partial charge is 0.478 e. The molecule has 4 rings (SSSR count). The van der Waals surface area contributed by atoms with Crippen molar-refractivity contribution in [1.82, 2.24) is 15.6 Å². The van der Waals surface area contributed by atoms with Gasteiger partial charge in [0, 0.05) is 49.8 Å². The highest BCUT2D eigenvalue weighted by Crippen LogP contribution is 2.28. The lowest BCUT2D eigenvalue weighted by molar-refractivity contribution is 0.0696. The van der Waals surface area contributed by atoms with Gasteiger partial charge in [-0.25, -0.2) is 13.2 Å². The first-order valence-electron chi connectivity index (χ1n) is 14.0. The lowest BCUT2D eigenvalue weighted by Crippen LogP contribution is -2.48. The number of hydrogen-bond acceptors (Lipinski definition) is 8. The maximum atomic E-state index is 13.6. The van der Waals surface area contributed by atoms with Crippen molar-refractivity contribution in [1.29, 1.82) is 0 Å². The molecule has 0 radical (unpaired) electrons. The molecule has 3 aromatic rings. The number of aromatic carboxylic acids is 1. The van der Waals surface area contributed by atoms with Gasteiger partial charge in [-0.15, -0.1) is 0 Å². The van der Waals surface area contributed by atoms with E-state index >= 15 is 0 Å². The van der Waals surface area contributed by atoms with E-state index in [0.29, 0.717) is 42.9 Å². The molecule has 5 N–H and O–H groups in total. The Morgan fingerprint density at radius 3 is 2.52 bits per heavy atom. The summed E-state index contributed by atoms with van der Waals surface area (Å²) in [6.07, 6.45) is 3.51. The molecule has 11 nitrogen and oxygen atoms in total. The van der Waals surface area contributed by atoms with Gasteiger partial charge in [0.25, 0.3) is 5.91 Å². The molecule has 0 unspecified atom stereocenters. The van der Waals surface area contributed by atoms with E-state index in [4.69, 9.17) is 0 Å². The number of sulfonamides is 1. The zero-order chi connectivity index (χ0) is 30.1. The topological polar surface area (TPSA) is 161 Å². The summed E-state index contributed by atoms with van der Waals surface area (Å²) in [6, 6.07) is 15.3. The number of carbonyl (C=O) groups is 2. The molecule has 0 bridgehead atoms. The molecule has 2 aromatic carbocycles. The van der Waals surface area contributed by atoms with Crippen molar-refractivity contribution in [2.75, 3.05) is 35.0 Å². The zero-order valence-electron chi connectivity index (χ0n) is 23.5. The zero-order valence-corrected chi connectivity index (χ0v) is 24.3. The lowest BCUT2D eigenvalue weighted by Gasteiger charge is -2.29. The SMILES string of the molecule is CCNc1cc(C(=O)N[C@@H](Cc2ccccc2)[C@H](O)CNCc2cncc(C(=O)O)c2)cc(N2CCCCS2(=O)=O)c1. The molecule has 2 atom stereocenters. The molecular weight excluding hydrogens is 558 g/mol. The summed E-state index contributed by atoms with van der Waals surface area (Å²) < 4.78 is 26.9. The van der Waals surface area contributed by atoms with E-state index in [0.717, 1.165) is 12.0 Å². The highest BCUT2D eigenvalue weighted by Gasteiger charge is 2.28. The number of aliphatic hydroxyl groups excluding tert-OH is 1. The van der Waals surface area contributed by atoms with Gasteiger partial charge in [0.15, 0.2) is 0 Å². The number of benzene rings is 2. The molecule has 224 valence electrons. The van der Waals surface area contributed by atoms with Crippen LogP contribution in [-0.4, -0.2) is 73.0 Å². The van der Waals surface area contributed by atoms with Gasteiger partial charge in [-0.05, 0) is 61.6 Å². The Labute approximate surface area is 246 Å². The summed E-state index contributed by atoms with van der Waals surface area (Å²) >= 11 is 0. The van der Waals surface area contributed by atoms with Crippen molar-refractivity contribution in [3.8, 4) is 0 Å². The quantitative estimate of drug-likeness (QED) is 0.200. The Kier molecular flexibility index (Phi) is 10.5. The molecule has 2 heterocycles. The molecule has 1 amide bonds. The minimum absolute atomic E-state index is 0.0645. The van der Waals surface area contributed by atoms with E-state index in [9.17, 15) is 28.2 Å². The van der Waals surface area contributed by atoms with Crippen LogP contribution in [0, 0.1) is 0 Å². The Hall–Kier alpha value is -4.00. The molecule has 42 heavy (non-hydrogen) atoms. The lowest BCUT2D eigenvalue weighted by atomic mass is 10.00. The monoisotopic (exact) mass is 595 g/mol. The van der Waals surface area contributed by atoms with E-state index < -0.39 is 34.0 Å². The second kappa shape index (κ2) is 14.3. The number of aromatic nitrogens is 1. The van der Waals surface area contributed by atoms with Gasteiger partial charge in [-0.3, -0.25) is 14.1 Å². The van der Waals surface area contributed by atoms with Crippen molar-refractivity contribution in [3.05, 3.63) is 89.2 Å². The third-order valence-corrected chi connectivity index (χ3v) is 8.87. The van der Waals surface area contributed by atoms with Crippen molar-refractivity contribution in [2.45, 2.75) is 44.9 Å². The molecule has 12 heteroatoms. The maximum absolute atomic E-state index is 13.6. The molecular formula is C30H37N5O6S.